The highest BCUT2D eigenvalue weighted by atomic mass is 16.1. The van der Waals surface area contributed by atoms with E-state index in [-0.39, 0.29) is 5.91 Å². The number of unbranched alkanes of at least 4 members (excludes halogenated alkanes) is 1. The summed E-state index contributed by atoms with van der Waals surface area (Å²) in [5.74, 6) is 0.258. The highest BCUT2D eigenvalue weighted by molar-refractivity contribution is 6.50. The molecule has 1 atom stereocenters. The number of nitrogens with one attached hydrogen (secondary N) is 1. The van der Waals surface area contributed by atoms with E-state index in [9.17, 15) is 4.79 Å². The molecule has 0 fully saturated rings. The van der Waals surface area contributed by atoms with E-state index in [0.717, 1.165) is 12.8 Å². The van der Waals surface area contributed by atoms with Gasteiger partial charge in [0.2, 0.25) is 5.91 Å². The zero-order valence-corrected chi connectivity index (χ0v) is 10.2. The summed E-state index contributed by atoms with van der Waals surface area (Å²) in [5, 5.41) is 1.53. The standard InChI is InChI=1S/C11H21B2NO/c1-4-6-7-9(5-2)8-14-10(15)11(3,12)13/h9H,4-8H2,1-3H3,(H,14,15). The molecule has 2 nitrogen and oxygen atoms in total. The molecule has 15 heavy (non-hydrogen) atoms. The lowest BCUT2D eigenvalue weighted by Crippen LogP contribution is -2.37. The summed E-state index contributed by atoms with van der Waals surface area (Å²) >= 11 is 0. The predicted molar refractivity (Wildman–Crippen MR) is 66.2 cm³/mol. The van der Waals surface area contributed by atoms with Crippen molar-refractivity contribution < 1.29 is 4.79 Å². The molecular weight excluding hydrogens is 184 g/mol. The molecule has 0 aliphatic carbocycles. The maximum Gasteiger partial charge on any atom is 0.208 e. The maximum atomic E-state index is 11.4. The molecule has 0 heterocycles. The van der Waals surface area contributed by atoms with Crippen LogP contribution in [-0.4, -0.2) is 28.1 Å². The largest absolute Gasteiger partial charge is 0.357 e. The molecule has 0 bridgehead atoms. The Hall–Kier alpha value is -0.400. The van der Waals surface area contributed by atoms with Crippen LogP contribution < -0.4 is 5.32 Å². The van der Waals surface area contributed by atoms with Gasteiger partial charge in [0, 0.05) is 6.54 Å². The summed E-state index contributed by atoms with van der Waals surface area (Å²) in [6.45, 7) is 6.49. The third-order valence-electron chi connectivity index (χ3n) is 2.58. The minimum atomic E-state index is -1.26. The van der Waals surface area contributed by atoms with Crippen LogP contribution in [0.15, 0.2) is 0 Å². The molecule has 0 rings (SSSR count). The van der Waals surface area contributed by atoms with Gasteiger partial charge in [0.05, 0.1) is 15.7 Å². The lowest BCUT2D eigenvalue weighted by Gasteiger charge is -2.21. The molecule has 0 aromatic carbocycles. The minimum absolute atomic E-state index is 0.280. The van der Waals surface area contributed by atoms with Gasteiger partial charge in [0.1, 0.15) is 0 Å². The van der Waals surface area contributed by atoms with E-state index in [2.05, 4.69) is 19.2 Å². The lowest BCUT2D eigenvalue weighted by atomic mass is 9.55. The summed E-state index contributed by atoms with van der Waals surface area (Å²) in [6.07, 6.45) is 4.62. The first kappa shape index (κ1) is 14.6. The van der Waals surface area contributed by atoms with Crippen molar-refractivity contribution in [3.63, 3.8) is 0 Å². The monoisotopic (exact) mass is 205 g/mol. The Morgan fingerprint density at radius 3 is 2.40 bits per heavy atom. The van der Waals surface area contributed by atoms with Gasteiger partial charge in [-0.1, -0.05) is 40.0 Å². The van der Waals surface area contributed by atoms with E-state index in [1.54, 1.807) is 0 Å². The van der Waals surface area contributed by atoms with Crippen molar-refractivity contribution in [2.45, 2.75) is 51.7 Å². The van der Waals surface area contributed by atoms with Gasteiger partial charge in [-0.3, -0.25) is 4.79 Å². The van der Waals surface area contributed by atoms with Crippen molar-refractivity contribution in [3.05, 3.63) is 0 Å². The van der Waals surface area contributed by atoms with Gasteiger partial charge >= 0.3 is 0 Å². The summed E-state index contributed by atoms with van der Waals surface area (Å²) in [4.78, 5) is 11.4. The Labute approximate surface area is 96.4 Å². The number of carbonyl (C=O) groups is 1. The molecule has 0 spiro atoms. The fourth-order valence-corrected chi connectivity index (χ4v) is 1.37. The minimum Gasteiger partial charge on any atom is -0.357 e. The van der Waals surface area contributed by atoms with Crippen molar-refractivity contribution in [2.75, 3.05) is 6.54 Å². The predicted octanol–water partition coefficient (Wildman–Crippen LogP) is 1.79. The van der Waals surface area contributed by atoms with Crippen molar-refractivity contribution in [3.8, 4) is 0 Å². The van der Waals surface area contributed by atoms with E-state index in [0.29, 0.717) is 12.5 Å². The number of amides is 1. The van der Waals surface area contributed by atoms with E-state index in [1.165, 1.54) is 19.8 Å². The topological polar surface area (TPSA) is 29.1 Å². The third-order valence-corrected chi connectivity index (χ3v) is 2.58. The van der Waals surface area contributed by atoms with Gasteiger partial charge in [-0.2, -0.15) is 0 Å². The second-order valence-electron chi connectivity index (χ2n) is 4.41. The highest BCUT2D eigenvalue weighted by Crippen LogP contribution is 2.15. The normalized spacial score (nSPS) is 13.5. The molecular formula is C11H21B2NO. The number of hydrogen-bond acceptors (Lipinski definition) is 1. The Kier molecular flexibility index (Phi) is 6.78. The summed E-state index contributed by atoms with van der Waals surface area (Å²) < 4.78 is 0. The van der Waals surface area contributed by atoms with Crippen LogP contribution in [0.2, 0.25) is 5.21 Å². The molecule has 0 aromatic rings. The van der Waals surface area contributed by atoms with Crippen LogP contribution in [0.25, 0.3) is 0 Å². The Balaban J connectivity index is 3.85. The molecule has 0 saturated carbocycles. The molecule has 1 unspecified atom stereocenters. The zero-order chi connectivity index (χ0) is 11.9. The summed E-state index contributed by atoms with van der Waals surface area (Å²) in [6, 6.07) is 0. The van der Waals surface area contributed by atoms with Crippen LogP contribution in [0.1, 0.15) is 46.5 Å². The van der Waals surface area contributed by atoms with Gasteiger partial charge in [-0.25, -0.2) is 0 Å². The lowest BCUT2D eigenvalue weighted by molar-refractivity contribution is -0.121. The maximum absolute atomic E-state index is 11.4. The van der Waals surface area contributed by atoms with Crippen molar-refractivity contribution in [1.82, 2.24) is 5.32 Å². The first-order valence-electron chi connectivity index (χ1n) is 5.77. The highest BCUT2D eigenvalue weighted by Gasteiger charge is 2.20. The van der Waals surface area contributed by atoms with Gasteiger partial charge in [-0.15, -0.1) is 0 Å². The zero-order valence-electron chi connectivity index (χ0n) is 10.2. The number of rotatable bonds is 7. The van der Waals surface area contributed by atoms with E-state index < -0.39 is 5.21 Å². The van der Waals surface area contributed by atoms with Crippen LogP contribution in [0.4, 0.5) is 0 Å². The molecule has 4 radical (unpaired) electrons. The molecule has 0 aliphatic rings. The van der Waals surface area contributed by atoms with E-state index >= 15 is 0 Å². The molecule has 0 aliphatic heterocycles. The fourth-order valence-electron chi connectivity index (χ4n) is 1.37. The van der Waals surface area contributed by atoms with Crippen LogP contribution in [0, 0.1) is 5.92 Å². The Morgan fingerprint density at radius 2 is 2.00 bits per heavy atom. The van der Waals surface area contributed by atoms with Crippen LogP contribution in [0.3, 0.4) is 0 Å². The van der Waals surface area contributed by atoms with Crippen molar-refractivity contribution in [1.29, 1.82) is 0 Å². The van der Waals surface area contributed by atoms with Gasteiger partial charge in [-0.05, 0) is 17.6 Å². The van der Waals surface area contributed by atoms with Gasteiger partial charge in [0.25, 0.3) is 0 Å². The van der Waals surface area contributed by atoms with Gasteiger partial charge in [0.15, 0.2) is 0 Å². The quantitative estimate of drug-likeness (QED) is 0.630. The van der Waals surface area contributed by atoms with Crippen molar-refractivity contribution in [2.24, 2.45) is 5.92 Å². The molecule has 0 aromatic heterocycles. The number of hydrogen-bond donors (Lipinski definition) is 1. The SMILES string of the molecule is [B]C([B])(C)C(=O)NCC(CC)CCCC. The molecule has 1 amide bonds. The third kappa shape index (κ3) is 6.64. The molecule has 82 valence electrons. The fraction of sp³-hybridized carbons (Fsp3) is 0.909. The summed E-state index contributed by atoms with van der Waals surface area (Å²) in [5.41, 5.74) is 0. The van der Waals surface area contributed by atoms with Crippen LogP contribution in [-0.2, 0) is 4.79 Å². The molecule has 4 heteroatoms. The first-order valence-corrected chi connectivity index (χ1v) is 5.77. The summed E-state index contributed by atoms with van der Waals surface area (Å²) in [7, 11) is 10.9. The Morgan fingerprint density at radius 1 is 1.40 bits per heavy atom. The average molecular weight is 205 g/mol. The van der Waals surface area contributed by atoms with Crippen molar-refractivity contribution >= 4 is 21.6 Å². The van der Waals surface area contributed by atoms with Gasteiger partial charge < -0.3 is 5.32 Å². The number of carbonyl (C=O) groups excluding carboxylic acids is 1. The van der Waals surface area contributed by atoms with E-state index in [4.69, 9.17) is 15.7 Å². The molecule has 0 saturated heterocycles. The Bertz CT molecular complexity index is 190. The second-order valence-corrected chi connectivity index (χ2v) is 4.41. The van der Waals surface area contributed by atoms with E-state index in [1.807, 2.05) is 0 Å². The van der Waals surface area contributed by atoms with Crippen LogP contribution in [0.5, 0.6) is 0 Å². The average Bonchev–Trinajstić information content (AvgIpc) is 2.16. The first-order chi connectivity index (χ1) is 6.91. The smallest absolute Gasteiger partial charge is 0.208 e. The van der Waals surface area contributed by atoms with Crippen LogP contribution >= 0.6 is 0 Å². The second kappa shape index (κ2) is 6.97. The molecule has 1 N–H and O–H groups in total.